The summed E-state index contributed by atoms with van der Waals surface area (Å²) in [6, 6.07) is 0.252. The van der Waals surface area contributed by atoms with Gasteiger partial charge in [0, 0.05) is 13.2 Å². The van der Waals surface area contributed by atoms with Crippen LogP contribution in [0.15, 0.2) is 23.4 Å². The Hall–Kier alpha value is -2.32. The van der Waals surface area contributed by atoms with E-state index in [1.807, 2.05) is 0 Å². The van der Waals surface area contributed by atoms with Crippen LogP contribution in [-0.2, 0) is 23.1 Å². The standard InChI is InChI=1S/C18H18F9N3O2S/c1-5-33(31,32)11-6-9(17(22,23)24)7-28-12(11)14-29-8-10(30(14)4)13(19)16(21,15(2,3)20)18(25,26)27/h6-8,13H,5H2,1-4H3/t13-,16?/m1/s1. The van der Waals surface area contributed by atoms with E-state index in [2.05, 4.69) is 9.97 Å². The normalized spacial score (nSPS) is 16.5. The molecule has 2 aromatic rings. The molecule has 2 heterocycles. The van der Waals surface area contributed by atoms with Crippen molar-refractivity contribution < 1.29 is 47.9 Å². The third kappa shape index (κ3) is 4.55. The second kappa shape index (κ2) is 8.17. The summed E-state index contributed by atoms with van der Waals surface area (Å²) in [5, 5.41) is 0. The summed E-state index contributed by atoms with van der Waals surface area (Å²) in [6.45, 7) is 1.49. The average Bonchev–Trinajstić information content (AvgIpc) is 3.04. The fourth-order valence-corrected chi connectivity index (χ4v) is 4.08. The van der Waals surface area contributed by atoms with E-state index >= 15 is 0 Å². The average molecular weight is 511 g/mol. The van der Waals surface area contributed by atoms with E-state index < -0.39 is 73.1 Å². The maximum absolute atomic E-state index is 14.9. The highest BCUT2D eigenvalue weighted by molar-refractivity contribution is 7.91. The molecule has 0 amide bonds. The molecule has 0 aromatic carbocycles. The van der Waals surface area contributed by atoms with Gasteiger partial charge < -0.3 is 4.57 Å². The molecule has 0 aliphatic carbocycles. The Morgan fingerprint density at radius 3 is 1.97 bits per heavy atom. The highest BCUT2D eigenvalue weighted by Crippen LogP contribution is 2.53. The van der Waals surface area contributed by atoms with Gasteiger partial charge in [-0.3, -0.25) is 4.98 Å². The summed E-state index contributed by atoms with van der Waals surface area (Å²) >= 11 is 0. The number of imidazole rings is 1. The molecule has 0 aliphatic heterocycles. The van der Waals surface area contributed by atoms with Gasteiger partial charge in [0.1, 0.15) is 5.69 Å². The third-order valence-corrected chi connectivity index (χ3v) is 6.76. The summed E-state index contributed by atoms with van der Waals surface area (Å²) in [5.41, 5.74) is -12.1. The molecule has 1 unspecified atom stereocenters. The predicted molar refractivity (Wildman–Crippen MR) is 98.1 cm³/mol. The number of hydrogen-bond donors (Lipinski definition) is 0. The Labute approximate surface area is 182 Å². The highest BCUT2D eigenvalue weighted by atomic mass is 32.2. The lowest BCUT2D eigenvalue weighted by atomic mass is 9.83. The van der Waals surface area contributed by atoms with Crippen LogP contribution in [0, 0.1) is 0 Å². The summed E-state index contributed by atoms with van der Waals surface area (Å²) in [7, 11) is -3.53. The van der Waals surface area contributed by atoms with Crippen LogP contribution in [0.5, 0.6) is 0 Å². The largest absolute Gasteiger partial charge is 0.429 e. The smallest absolute Gasteiger partial charge is 0.327 e. The Morgan fingerprint density at radius 2 is 1.55 bits per heavy atom. The molecule has 0 bridgehead atoms. The molecule has 0 saturated heterocycles. The maximum atomic E-state index is 14.9. The van der Waals surface area contributed by atoms with Crippen LogP contribution in [0.1, 0.15) is 38.2 Å². The molecule has 186 valence electrons. The topological polar surface area (TPSA) is 64.8 Å². The number of aromatic nitrogens is 3. The molecule has 15 heteroatoms. The van der Waals surface area contributed by atoms with Crippen LogP contribution in [0.3, 0.4) is 0 Å². The van der Waals surface area contributed by atoms with Crippen LogP contribution < -0.4 is 0 Å². The fourth-order valence-electron chi connectivity index (χ4n) is 3.02. The van der Waals surface area contributed by atoms with Crippen molar-refractivity contribution in [1.82, 2.24) is 14.5 Å². The van der Waals surface area contributed by atoms with Crippen molar-refractivity contribution in [3.8, 4) is 11.5 Å². The molecule has 33 heavy (non-hydrogen) atoms. The molecule has 0 radical (unpaired) electrons. The van der Waals surface area contributed by atoms with Gasteiger partial charge in [-0.15, -0.1) is 0 Å². The molecule has 0 N–H and O–H groups in total. The van der Waals surface area contributed by atoms with Crippen molar-refractivity contribution in [2.75, 3.05) is 5.75 Å². The van der Waals surface area contributed by atoms with E-state index in [1.54, 1.807) is 0 Å². The number of nitrogens with zero attached hydrogens (tertiary/aromatic N) is 3. The minimum Gasteiger partial charge on any atom is -0.327 e. The van der Waals surface area contributed by atoms with Crippen molar-refractivity contribution in [2.45, 2.75) is 55.5 Å². The highest BCUT2D eigenvalue weighted by Gasteiger charge is 2.71. The second-order valence-corrected chi connectivity index (χ2v) is 9.83. The first-order chi connectivity index (χ1) is 14.7. The second-order valence-electron chi connectivity index (χ2n) is 7.58. The van der Waals surface area contributed by atoms with E-state index in [4.69, 9.17) is 0 Å². The van der Waals surface area contributed by atoms with Gasteiger partial charge in [-0.05, 0) is 19.9 Å². The van der Waals surface area contributed by atoms with E-state index in [-0.39, 0.29) is 26.1 Å². The van der Waals surface area contributed by atoms with E-state index in [1.165, 1.54) is 0 Å². The van der Waals surface area contributed by atoms with E-state index in [0.29, 0.717) is 10.8 Å². The lowest BCUT2D eigenvalue weighted by Crippen LogP contribution is -2.57. The number of alkyl halides is 9. The van der Waals surface area contributed by atoms with E-state index in [0.717, 1.165) is 14.0 Å². The van der Waals surface area contributed by atoms with Crippen molar-refractivity contribution in [1.29, 1.82) is 0 Å². The first-order valence-electron chi connectivity index (χ1n) is 9.10. The zero-order chi connectivity index (χ0) is 25.8. The molecule has 2 atom stereocenters. The molecule has 5 nitrogen and oxygen atoms in total. The minimum atomic E-state index is -6.00. The number of pyridine rings is 1. The van der Waals surface area contributed by atoms with Crippen LogP contribution in [0.2, 0.25) is 0 Å². The minimum absolute atomic E-state index is 0.188. The zero-order valence-corrected chi connectivity index (χ0v) is 18.3. The Morgan fingerprint density at radius 1 is 1.00 bits per heavy atom. The first kappa shape index (κ1) is 26.9. The predicted octanol–water partition coefficient (Wildman–Crippen LogP) is 5.32. The monoisotopic (exact) mass is 511 g/mol. The molecular weight excluding hydrogens is 493 g/mol. The Kier molecular flexibility index (Phi) is 6.66. The van der Waals surface area contributed by atoms with Gasteiger partial charge in [-0.2, -0.15) is 26.3 Å². The number of halogens is 9. The number of hydrogen-bond acceptors (Lipinski definition) is 4. The summed E-state index contributed by atoms with van der Waals surface area (Å²) < 4.78 is 148. The van der Waals surface area contributed by atoms with Gasteiger partial charge in [0.2, 0.25) is 0 Å². The van der Waals surface area contributed by atoms with Gasteiger partial charge in [0.25, 0.3) is 5.67 Å². The SMILES string of the molecule is CCS(=O)(=O)c1cc(C(F)(F)F)cnc1-c1ncc([C@@H](F)C(F)(C(C)(C)F)C(F)(F)F)n1C. The van der Waals surface area contributed by atoms with Crippen LogP contribution in [0.4, 0.5) is 39.5 Å². The molecule has 0 spiro atoms. The Bertz CT molecular complexity index is 1120. The van der Waals surface area contributed by atoms with Gasteiger partial charge in [0.05, 0.1) is 28.1 Å². The van der Waals surface area contributed by atoms with Crippen molar-refractivity contribution >= 4 is 9.84 Å². The third-order valence-electron chi connectivity index (χ3n) is 5.02. The van der Waals surface area contributed by atoms with Crippen molar-refractivity contribution in [3.63, 3.8) is 0 Å². The fraction of sp³-hybridized carbons (Fsp3) is 0.556. The molecule has 0 fully saturated rings. The van der Waals surface area contributed by atoms with Gasteiger partial charge in [0.15, 0.2) is 27.5 Å². The van der Waals surface area contributed by atoms with Crippen LogP contribution in [-0.4, -0.2) is 46.2 Å². The van der Waals surface area contributed by atoms with Crippen molar-refractivity contribution in [2.24, 2.45) is 7.05 Å². The lowest BCUT2D eigenvalue weighted by Gasteiger charge is -2.38. The maximum Gasteiger partial charge on any atom is 0.429 e. The molecular formula is C18H18F9N3O2S. The number of rotatable bonds is 6. The lowest BCUT2D eigenvalue weighted by molar-refractivity contribution is -0.289. The molecule has 2 aromatic heterocycles. The molecule has 0 aliphatic rings. The van der Waals surface area contributed by atoms with Gasteiger partial charge >= 0.3 is 12.4 Å². The summed E-state index contributed by atoms with van der Waals surface area (Å²) in [5.74, 6) is -1.35. The quantitative estimate of drug-likeness (QED) is 0.493. The Balaban J connectivity index is 2.76. The molecule has 2 rings (SSSR count). The summed E-state index contributed by atoms with van der Waals surface area (Å²) in [4.78, 5) is 6.00. The van der Waals surface area contributed by atoms with Crippen LogP contribution >= 0.6 is 0 Å². The molecule has 0 saturated carbocycles. The van der Waals surface area contributed by atoms with Gasteiger partial charge in [-0.25, -0.2) is 26.6 Å². The first-order valence-corrected chi connectivity index (χ1v) is 10.8. The van der Waals surface area contributed by atoms with E-state index in [9.17, 15) is 47.9 Å². The van der Waals surface area contributed by atoms with Crippen molar-refractivity contribution in [3.05, 3.63) is 29.7 Å². The summed E-state index contributed by atoms with van der Waals surface area (Å²) in [6.07, 6.45) is -14.0. The van der Waals surface area contributed by atoms with Crippen LogP contribution in [0.25, 0.3) is 11.5 Å². The van der Waals surface area contributed by atoms with Gasteiger partial charge in [-0.1, -0.05) is 6.92 Å². The zero-order valence-electron chi connectivity index (χ0n) is 17.5. The number of sulfone groups is 1.